The van der Waals surface area contributed by atoms with Crippen LogP contribution in [0.1, 0.15) is 15.9 Å². The van der Waals surface area contributed by atoms with Crippen molar-refractivity contribution in [3.8, 4) is 0 Å². The topological polar surface area (TPSA) is 63.2 Å². The fraction of sp³-hybridized carbons (Fsp3) is 0.250. The highest BCUT2D eigenvalue weighted by molar-refractivity contribution is 7.94. The average Bonchev–Trinajstić information content (AvgIpc) is 2.58. The number of sulfone groups is 1. The molecule has 0 aromatic heterocycles. The van der Waals surface area contributed by atoms with Gasteiger partial charge < -0.3 is 5.32 Å². The number of aryl methyl sites for hydroxylation is 1. The Morgan fingerprint density at radius 1 is 1.41 bits per heavy atom. The van der Waals surface area contributed by atoms with Crippen molar-refractivity contribution in [2.75, 3.05) is 5.75 Å². The van der Waals surface area contributed by atoms with Gasteiger partial charge in [0.25, 0.3) is 5.91 Å². The number of hydrogen-bond donors (Lipinski definition) is 1. The zero-order valence-electron chi connectivity index (χ0n) is 9.38. The van der Waals surface area contributed by atoms with E-state index in [-0.39, 0.29) is 11.7 Å². The van der Waals surface area contributed by atoms with Crippen LogP contribution in [0.5, 0.6) is 0 Å². The van der Waals surface area contributed by atoms with Crippen molar-refractivity contribution in [2.24, 2.45) is 0 Å². The number of carbonyl (C=O) groups is 1. The van der Waals surface area contributed by atoms with Gasteiger partial charge in [-0.3, -0.25) is 4.79 Å². The molecule has 1 aromatic rings. The SMILES string of the molecule is Cc1cccc(C(=O)NC2C=CS(=O)(=O)C2)c1. The third-order valence-corrected chi connectivity index (χ3v) is 3.92. The molecular formula is C12H13NO3S. The number of carbonyl (C=O) groups excluding carboxylic acids is 1. The molecule has 1 N–H and O–H groups in total. The number of rotatable bonds is 2. The second kappa shape index (κ2) is 4.33. The average molecular weight is 251 g/mol. The molecule has 17 heavy (non-hydrogen) atoms. The van der Waals surface area contributed by atoms with Gasteiger partial charge >= 0.3 is 0 Å². The summed E-state index contributed by atoms with van der Waals surface area (Å²) in [6.45, 7) is 1.90. The van der Waals surface area contributed by atoms with Crippen molar-refractivity contribution < 1.29 is 13.2 Å². The maximum atomic E-state index is 11.8. The lowest BCUT2D eigenvalue weighted by Crippen LogP contribution is -2.35. The molecule has 0 spiro atoms. The van der Waals surface area contributed by atoms with E-state index in [1.807, 2.05) is 13.0 Å². The highest BCUT2D eigenvalue weighted by Gasteiger charge is 2.23. The van der Waals surface area contributed by atoms with Crippen molar-refractivity contribution in [1.29, 1.82) is 0 Å². The molecule has 0 fully saturated rings. The molecule has 0 bridgehead atoms. The Morgan fingerprint density at radius 3 is 2.76 bits per heavy atom. The van der Waals surface area contributed by atoms with Gasteiger partial charge in [-0.2, -0.15) is 0 Å². The molecule has 1 aromatic carbocycles. The first-order valence-corrected chi connectivity index (χ1v) is 6.96. The van der Waals surface area contributed by atoms with Gasteiger partial charge in [-0.05, 0) is 25.1 Å². The van der Waals surface area contributed by atoms with E-state index in [1.54, 1.807) is 18.2 Å². The van der Waals surface area contributed by atoms with Gasteiger partial charge in [0.05, 0.1) is 11.8 Å². The molecule has 5 heteroatoms. The van der Waals surface area contributed by atoms with E-state index in [1.165, 1.54) is 6.08 Å². The molecule has 4 nitrogen and oxygen atoms in total. The number of hydrogen-bond acceptors (Lipinski definition) is 3. The highest BCUT2D eigenvalue weighted by atomic mass is 32.2. The van der Waals surface area contributed by atoms with Gasteiger partial charge in [0.1, 0.15) is 0 Å². The summed E-state index contributed by atoms with van der Waals surface area (Å²) in [5.41, 5.74) is 1.54. The van der Waals surface area contributed by atoms with Crippen LogP contribution >= 0.6 is 0 Å². The van der Waals surface area contributed by atoms with Crippen LogP contribution in [-0.4, -0.2) is 26.1 Å². The first kappa shape index (κ1) is 11.9. The van der Waals surface area contributed by atoms with Crippen LogP contribution in [-0.2, 0) is 9.84 Å². The van der Waals surface area contributed by atoms with Crippen LogP contribution in [0.4, 0.5) is 0 Å². The summed E-state index contributed by atoms with van der Waals surface area (Å²) in [7, 11) is -3.13. The molecule has 1 heterocycles. The Labute approximate surface area is 100 Å². The smallest absolute Gasteiger partial charge is 0.251 e. The van der Waals surface area contributed by atoms with Crippen molar-refractivity contribution in [3.05, 3.63) is 46.9 Å². The minimum absolute atomic E-state index is 0.0510. The third kappa shape index (κ3) is 2.94. The first-order valence-electron chi connectivity index (χ1n) is 5.25. The van der Waals surface area contributed by atoms with Crippen LogP contribution < -0.4 is 5.32 Å². The van der Waals surface area contributed by atoms with Crippen LogP contribution in [0.2, 0.25) is 0 Å². The number of amides is 1. The Bertz CT molecular complexity index is 575. The van der Waals surface area contributed by atoms with Crippen molar-refractivity contribution in [3.63, 3.8) is 0 Å². The maximum absolute atomic E-state index is 11.8. The summed E-state index contributed by atoms with van der Waals surface area (Å²) in [5.74, 6) is -0.301. The molecule has 90 valence electrons. The zero-order chi connectivity index (χ0) is 12.5. The van der Waals surface area contributed by atoms with E-state index >= 15 is 0 Å². The minimum atomic E-state index is -3.13. The van der Waals surface area contributed by atoms with E-state index in [9.17, 15) is 13.2 Å². The quantitative estimate of drug-likeness (QED) is 0.854. The molecule has 1 atom stereocenters. The fourth-order valence-electron chi connectivity index (χ4n) is 1.70. The molecule has 0 saturated carbocycles. The Hall–Kier alpha value is -1.62. The lowest BCUT2D eigenvalue weighted by molar-refractivity contribution is 0.0947. The van der Waals surface area contributed by atoms with E-state index in [2.05, 4.69) is 5.32 Å². The molecule has 0 aliphatic carbocycles. The highest BCUT2D eigenvalue weighted by Crippen LogP contribution is 2.09. The van der Waals surface area contributed by atoms with E-state index in [0.717, 1.165) is 11.0 Å². The Morgan fingerprint density at radius 2 is 2.18 bits per heavy atom. The van der Waals surface area contributed by atoms with Gasteiger partial charge in [0, 0.05) is 11.0 Å². The van der Waals surface area contributed by atoms with Gasteiger partial charge in [-0.15, -0.1) is 0 Å². The molecule has 0 radical (unpaired) electrons. The van der Waals surface area contributed by atoms with Gasteiger partial charge in [-0.25, -0.2) is 8.42 Å². The Kier molecular flexibility index (Phi) is 3.02. The van der Waals surface area contributed by atoms with Crippen molar-refractivity contribution in [2.45, 2.75) is 13.0 Å². The molecule has 0 saturated heterocycles. The lowest BCUT2D eigenvalue weighted by Gasteiger charge is -2.10. The van der Waals surface area contributed by atoms with E-state index in [0.29, 0.717) is 5.56 Å². The summed E-state index contributed by atoms with van der Waals surface area (Å²) >= 11 is 0. The predicted octanol–water partition coefficient (Wildman–Crippen LogP) is 1.04. The minimum Gasteiger partial charge on any atom is -0.345 e. The molecular weight excluding hydrogens is 238 g/mol. The van der Waals surface area contributed by atoms with Gasteiger partial charge in [0.2, 0.25) is 0 Å². The normalized spacial score (nSPS) is 21.4. The lowest BCUT2D eigenvalue weighted by atomic mass is 10.1. The number of benzene rings is 1. The summed E-state index contributed by atoms with van der Waals surface area (Å²) in [6.07, 6.45) is 1.50. The van der Waals surface area contributed by atoms with Gasteiger partial charge in [0.15, 0.2) is 9.84 Å². The Balaban J connectivity index is 2.06. The van der Waals surface area contributed by atoms with Crippen molar-refractivity contribution >= 4 is 15.7 Å². The number of nitrogens with one attached hydrogen (secondary N) is 1. The molecule has 1 amide bonds. The van der Waals surface area contributed by atoms with Crippen LogP contribution in [0.3, 0.4) is 0 Å². The van der Waals surface area contributed by atoms with Gasteiger partial charge in [-0.1, -0.05) is 17.7 Å². The summed E-state index contributed by atoms with van der Waals surface area (Å²) < 4.78 is 22.3. The molecule has 1 unspecified atom stereocenters. The molecule has 1 aliphatic rings. The summed E-state index contributed by atoms with van der Waals surface area (Å²) in [5, 5.41) is 3.82. The third-order valence-electron chi connectivity index (χ3n) is 2.53. The maximum Gasteiger partial charge on any atom is 0.251 e. The molecule has 2 rings (SSSR count). The van der Waals surface area contributed by atoms with Crippen LogP contribution in [0, 0.1) is 6.92 Å². The largest absolute Gasteiger partial charge is 0.345 e. The monoisotopic (exact) mass is 251 g/mol. The second-order valence-electron chi connectivity index (χ2n) is 4.11. The standard InChI is InChI=1S/C12H13NO3S/c1-9-3-2-4-10(7-9)12(14)13-11-5-6-17(15,16)8-11/h2-7,11H,8H2,1H3,(H,13,14). The molecule has 1 aliphatic heterocycles. The van der Waals surface area contributed by atoms with Crippen LogP contribution in [0.25, 0.3) is 0 Å². The predicted molar refractivity (Wildman–Crippen MR) is 65.4 cm³/mol. The van der Waals surface area contributed by atoms with Crippen molar-refractivity contribution in [1.82, 2.24) is 5.32 Å². The first-order chi connectivity index (χ1) is 7.96. The van der Waals surface area contributed by atoms with E-state index in [4.69, 9.17) is 0 Å². The zero-order valence-corrected chi connectivity index (χ0v) is 10.2. The van der Waals surface area contributed by atoms with Crippen LogP contribution in [0.15, 0.2) is 35.7 Å². The summed E-state index contributed by atoms with van der Waals surface area (Å²) in [6, 6.07) is 6.74. The summed E-state index contributed by atoms with van der Waals surface area (Å²) in [4.78, 5) is 11.8. The fourth-order valence-corrected chi connectivity index (χ4v) is 2.94. The van der Waals surface area contributed by atoms with E-state index < -0.39 is 15.9 Å². The second-order valence-corrected chi connectivity index (χ2v) is 6.04.